The van der Waals surface area contributed by atoms with Gasteiger partial charge < -0.3 is 10.4 Å². The van der Waals surface area contributed by atoms with E-state index in [4.69, 9.17) is 0 Å². The van der Waals surface area contributed by atoms with Gasteiger partial charge in [0.1, 0.15) is 0 Å². The van der Waals surface area contributed by atoms with Gasteiger partial charge in [-0.1, -0.05) is 45.9 Å². The molecule has 130 valence electrons. The van der Waals surface area contributed by atoms with Crippen LogP contribution in [-0.4, -0.2) is 33.4 Å². The second-order valence-corrected chi connectivity index (χ2v) is 7.22. The van der Waals surface area contributed by atoms with Gasteiger partial charge in [0.15, 0.2) is 0 Å². The number of benzene rings is 1. The number of carbonyl (C=O) groups excluding carboxylic acids is 1. The van der Waals surface area contributed by atoms with Gasteiger partial charge in [0.2, 0.25) is 0 Å². The van der Waals surface area contributed by atoms with Gasteiger partial charge in [-0.25, -0.2) is 4.68 Å². The van der Waals surface area contributed by atoms with Gasteiger partial charge in [-0.3, -0.25) is 4.79 Å². The van der Waals surface area contributed by atoms with Crippen LogP contribution >= 0.6 is 0 Å². The highest BCUT2D eigenvalue weighted by Gasteiger charge is 2.23. The Bertz CT molecular complexity index is 672. The van der Waals surface area contributed by atoms with Gasteiger partial charge in [0.05, 0.1) is 35.8 Å². The lowest BCUT2D eigenvalue weighted by Crippen LogP contribution is -2.40. The Kier molecular flexibility index (Phi) is 5.78. The Morgan fingerprint density at radius 3 is 2.50 bits per heavy atom. The number of amides is 1. The number of aromatic nitrogens is 2. The molecule has 0 saturated heterocycles. The predicted octanol–water partition coefficient (Wildman–Crippen LogP) is 2.96. The minimum Gasteiger partial charge on any atom is -0.394 e. The maximum atomic E-state index is 12.6. The van der Waals surface area contributed by atoms with Crippen molar-refractivity contribution in [1.29, 1.82) is 0 Å². The molecule has 1 amide bonds. The molecule has 0 aliphatic heterocycles. The smallest absolute Gasteiger partial charge is 0.255 e. The minimum absolute atomic E-state index is 0.0302. The molecule has 0 radical (unpaired) electrons. The number of nitrogens with one attached hydrogen (secondary N) is 1. The molecule has 2 rings (SSSR count). The van der Waals surface area contributed by atoms with Gasteiger partial charge in [-0.05, 0) is 30.4 Å². The summed E-state index contributed by atoms with van der Waals surface area (Å²) in [7, 11) is 0. The summed E-state index contributed by atoms with van der Waals surface area (Å²) in [6.07, 6.45) is 3.01. The monoisotopic (exact) mass is 329 g/mol. The maximum Gasteiger partial charge on any atom is 0.255 e. The molecule has 1 aromatic heterocycles. The van der Waals surface area contributed by atoms with Crippen LogP contribution in [0.4, 0.5) is 0 Å². The fourth-order valence-electron chi connectivity index (χ4n) is 2.86. The molecule has 1 aromatic carbocycles. The summed E-state index contributed by atoms with van der Waals surface area (Å²) in [6, 6.07) is 9.50. The Morgan fingerprint density at radius 1 is 1.29 bits per heavy atom. The van der Waals surface area contributed by atoms with Crippen molar-refractivity contribution >= 4 is 5.91 Å². The second kappa shape index (κ2) is 7.62. The molecule has 5 heteroatoms. The molecule has 5 nitrogen and oxygen atoms in total. The number of hydrogen-bond acceptors (Lipinski definition) is 3. The Labute approximate surface area is 143 Å². The average Bonchev–Trinajstić information content (AvgIpc) is 2.97. The summed E-state index contributed by atoms with van der Waals surface area (Å²) >= 11 is 0. The van der Waals surface area contributed by atoms with Crippen molar-refractivity contribution in [2.24, 2.45) is 5.41 Å². The number of nitrogens with zero attached hydrogens (tertiary/aromatic N) is 2. The normalized spacial score (nSPS) is 12.9. The molecule has 24 heavy (non-hydrogen) atoms. The molecule has 1 heterocycles. The van der Waals surface area contributed by atoms with Crippen LogP contribution in [0.15, 0.2) is 36.5 Å². The Balaban J connectivity index is 2.22. The lowest BCUT2D eigenvalue weighted by atomic mass is 9.88. The first-order valence-corrected chi connectivity index (χ1v) is 8.39. The van der Waals surface area contributed by atoms with Crippen molar-refractivity contribution in [2.45, 2.75) is 46.6 Å². The predicted molar refractivity (Wildman–Crippen MR) is 95.4 cm³/mol. The molecule has 0 aliphatic carbocycles. The number of para-hydroxylation sites is 1. The SMILES string of the molecule is CCc1c(C(=O)NC(CO)CC(C)(C)C)cnn1-c1ccccc1. The quantitative estimate of drug-likeness (QED) is 0.856. The van der Waals surface area contributed by atoms with Gasteiger partial charge >= 0.3 is 0 Å². The van der Waals surface area contributed by atoms with Crippen LogP contribution in [0.5, 0.6) is 0 Å². The zero-order chi connectivity index (χ0) is 17.7. The highest BCUT2D eigenvalue weighted by Crippen LogP contribution is 2.21. The van der Waals surface area contributed by atoms with Crippen molar-refractivity contribution < 1.29 is 9.90 Å². The molecule has 1 atom stereocenters. The third-order valence-electron chi connectivity index (χ3n) is 3.86. The average molecular weight is 329 g/mol. The minimum atomic E-state index is -0.262. The molecule has 1 unspecified atom stereocenters. The second-order valence-electron chi connectivity index (χ2n) is 7.22. The molecular weight excluding hydrogens is 302 g/mol. The number of hydrogen-bond donors (Lipinski definition) is 2. The van der Waals surface area contributed by atoms with Crippen molar-refractivity contribution in [3.05, 3.63) is 47.8 Å². The van der Waals surface area contributed by atoms with Crippen molar-refractivity contribution in [1.82, 2.24) is 15.1 Å². The van der Waals surface area contributed by atoms with Crippen molar-refractivity contribution in [3.8, 4) is 5.69 Å². The largest absolute Gasteiger partial charge is 0.394 e. The van der Waals surface area contributed by atoms with E-state index in [-0.39, 0.29) is 24.0 Å². The summed E-state index contributed by atoms with van der Waals surface area (Å²) in [4.78, 5) is 12.6. The highest BCUT2D eigenvalue weighted by molar-refractivity contribution is 5.95. The summed E-state index contributed by atoms with van der Waals surface area (Å²) in [6.45, 7) is 8.20. The van der Waals surface area contributed by atoms with E-state index >= 15 is 0 Å². The standard InChI is InChI=1S/C19H27N3O2/c1-5-17-16(12-20-22(17)15-9-7-6-8-10-15)18(24)21-14(13-23)11-19(2,3)4/h6-10,12,14,23H,5,11,13H2,1-4H3,(H,21,24). The third-order valence-corrected chi connectivity index (χ3v) is 3.86. The lowest BCUT2D eigenvalue weighted by molar-refractivity contribution is 0.0896. The van der Waals surface area contributed by atoms with Crippen molar-refractivity contribution in [2.75, 3.05) is 6.61 Å². The fourth-order valence-corrected chi connectivity index (χ4v) is 2.86. The lowest BCUT2D eigenvalue weighted by Gasteiger charge is -2.25. The van der Waals surface area contributed by atoms with Crippen LogP contribution in [0, 0.1) is 5.41 Å². The van der Waals surface area contributed by atoms with E-state index in [2.05, 4.69) is 31.2 Å². The number of aliphatic hydroxyl groups excluding tert-OH is 1. The van der Waals surface area contributed by atoms with Crippen molar-refractivity contribution in [3.63, 3.8) is 0 Å². The topological polar surface area (TPSA) is 67.2 Å². The van der Waals surface area contributed by atoms with Crippen LogP contribution in [0.25, 0.3) is 5.69 Å². The Hall–Kier alpha value is -2.14. The van der Waals surface area contributed by atoms with E-state index in [9.17, 15) is 9.90 Å². The van der Waals surface area contributed by atoms with Gasteiger partial charge in [0.25, 0.3) is 5.91 Å². The van der Waals surface area contributed by atoms with Gasteiger partial charge in [-0.15, -0.1) is 0 Å². The summed E-state index contributed by atoms with van der Waals surface area (Å²) in [5.41, 5.74) is 2.39. The summed E-state index contributed by atoms with van der Waals surface area (Å²) < 4.78 is 1.80. The van der Waals surface area contributed by atoms with E-state index in [1.165, 1.54) is 0 Å². The molecular formula is C19H27N3O2. The van der Waals surface area contributed by atoms with E-state index in [1.807, 2.05) is 37.3 Å². The van der Waals surface area contributed by atoms with Crippen LogP contribution < -0.4 is 5.32 Å². The van der Waals surface area contributed by atoms with Crippen LogP contribution in [-0.2, 0) is 6.42 Å². The zero-order valence-electron chi connectivity index (χ0n) is 14.9. The van der Waals surface area contributed by atoms with Crippen LogP contribution in [0.2, 0.25) is 0 Å². The molecule has 0 spiro atoms. The number of aliphatic hydroxyl groups is 1. The van der Waals surface area contributed by atoms with Gasteiger partial charge in [0, 0.05) is 0 Å². The highest BCUT2D eigenvalue weighted by atomic mass is 16.3. The van der Waals surface area contributed by atoms with Gasteiger partial charge in [-0.2, -0.15) is 5.10 Å². The third kappa shape index (κ3) is 4.45. The molecule has 0 bridgehead atoms. The van der Waals surface area contributed by atoms with Crippen LogP contribution in [0.3, 0.4) is 0 Å². The zero-order valence-corrected chi connectivity index (χ0v) is 14.9. The molecule has 2 N–H and O–H groups in total. The molecule has 0 saturated carbocycles. The summed E-state index contributed by atoms with van der Waals surface area (Å²) in [5.74, 6) is -0.183. The maximum absolute atomic E-state index is 12.6. The molecule has 0 fully saturated rings. The van der Waals surface area contributed by atoms with Crippen LogP contribution in [0.1, 0.15) is 50.2 Å². The van der Waals surface area contributed by atoms with E-state index in [0.29, 0.717) is 18.4 Å². The molecule has 2 aromatic rings. The fraction of sp³-hybridized carbons (Fsp3) is 0.474. The number of carbonyl (C=O) groups is 1. The number of rotatable bonds is 6. The van der Waals surface area contributed by atoms with E-state index in [0.717, 1.165) is 11.4 Å². The van der Waals surface area contributed by atoms with E-state index in [1.54, 1.807) is 10.9 Å². The van der Waals surface area contributed by atoms with E-state index < -0.39 is 0 Å². The first-order valence-electron chi connectivity index (χ1n) is 8.39. The Morgan fingerprint density at radius 2 is 1.96 bits per heavy atom. The molecule has 0 aliphatic rings. The first-order chi connectivity index (χ1) is 11.4. The first kappa shape index (κ1) is 18.2. The summed E-state index contributed by atoms with van der Waals surface area (Å²) in [5, 5.41) is 16.9.